The molecule has 0 aliphatic carbocycles. The van der Waals surface area contributed by atoms with Crippen molar-refractivity contribution in [3.63, 3.8) is 0 Å². The molecule has 3 rings (SSSR count). The average Bonchev–Trinajstić information content (AvgIpc) is 3.42. The molecule has 1 unspecified atom stereocenters. The van der Waals surface area contributed by atoms with Gasteiger partial charge in [-0.25, -0.2) is 14.0 Å². The molecule has 1 atom stereocenters. The SMILES string of the molecule is CCOC(=O)/C(C#N)=c1/s/c(=C/Nc2ccc(F)c(NC(=O)NCCC3CCCN3C)c2)c(=O)n1CC. The zero-order chi connectivity index (χ0) is 26.9. The van der Waals surface area contributed by atoms with Crippen LogP contribution >= 0.6 is 11.3 Å². The fourth-order valence-corrected chi connectivity index (χ4v) is 5.18. The molecule has 1 fully saturated rings. The molecule has 2 heterocycles. The smallest absolute Gasteiger partial charge is 0.351 e. The summed E-state index contributed by atoms with van der Waals surface area (Å²) < 4.78 is 21.0. The van der Waals surface area contributed by atoms with Crippen LogP contribution in [0.2, 0.25) is 0 Å². The lowest BCUT2D eigenvalue weighted by Gasteiger charge is -2.19. The molecule has 198 valence electrons. The van der Waals surface area contributed by atoms with Crippen LogP contribution in [0, 0.1) is 17.1 Å². The molecule has 0 saturated carbocycles. The Kier molecular flexibility index (Phi) is 9.82. The van der Waals surface area contributed by atoms with E-state index >= 15 is 0 Å². The van der Waals surface area contributed by atoms with Crippen molar-refractivity contribution in [2.75, 3.05) is 37.4 Å². The second kappa shape index (κ2) is 13.0. The number of likely N-dealkylation sites (tertiary alicyclic amines) is 1. The highest BCUT2D eigenvalue weighted by molar-refractivity contribution is 7.07. The van der Waals surface area contributed by atoms with Gasteiger partial charge in [-0.1, -0.05) is 0 Å². The van der Waals surface area contributed by atoms with Gasteiger partial charge >= 0.3 is 12.0 Å². The number of aromatic nitrogens is 1. The largest absolute Gasteiger partial charge is 0.462 e. The number of nitrogens with zero attached hydrogens (tertiary/aromatic N) is 3. The molecule has 12 heteroatoms. The molecule has 3 N–H and O–H groups in total. The van der Waals surface area contributed by atoms with Crippen LogP contribution in [0.3, 0.4) is 0 Å². The number of rotatable bonds is 9. The molecule has 1 saturated heterocycles. The number of ether oxygens (including phenoxy) is 1. The van der Waals surface area contributed by atoms with Crippen molar-refractivity contribution in [1.29, 1.82) is 5.26 Å². The minimum Gasteiger partial charge on any atom is -0.462 e. The van der Waals surface area contributed by atoms with E-state index in [1.165, 1.54) is 29.0 Å². The molecule has 0 spiro atoms. The summed E-state index contributed by atoms with van der Waals surface area (Å²) in [6.45, 7) is 5.24. The number of urea groups is 1. The van der Waals surface area contributed by atoms with Crippen molar-refractivity contribution in [3.8, 4) is 6.07 Å². The number of carbonyl (C=O) groups is 2. The van der Waals surface area contributed by atoms with Gasteiger partial charge in [-0.3, -0.25) is 9.36 Å². The quantitative estimate of drug-likeness (QED) is 0.422. The van der Waals surface area contributed by atoms with Crippen LogP contribution < -0.4 is 30.7 Å². The lowest BCUT2D eigenvalue weighted by atomic mass is 10.1. The summed E-state index contributed by atoms with van der Waals surface area (Å²) in [4.78, 5) is 39.5. The van der Waals surface area contributed by atoms with Gasteiger partial charge in [-0.05, 0) is 64.9 Å². The maximum Gasteiger partial charge on any atom is 0.351 e. The number of hydrogen-bond donors (Lipinski definition) is 3. The predicted octanol–water partition coefficient (Wildman–Crippen LogP) is 1.76. The Morgan fingerprint density at radius 2 is 2.14 bits per heavy atom. The lowest BCUT2D eigenvalue weighted by molar-refractivity contribution is -0.136. The molecule has 10 nitrogen and oxygen atoms in total. The normalized spacial score (nSPS) is 16.7. The summed E-state index contributed by atoms with van der Waals surface area (Å²) in [5.74, 6) is -1.40. The highest BCUT2D eigenvalue weighted by Gasteiger charge is 2.20. The predicted molar refractivity (Wildman–Crippen MR) is 141 cm³/mol. The number of hydrogen-bond acceptors (Lipinski definition) is 8. The van der Waals surface area contributed by atoms with Gasteiger partial charge < -0.3 is 25.6 Å². The van der Waals surface area contributed by atoms with Gasteiger partial charge in [0.15, 0.2) is 5.57 Å². The minimum atomic E-state index is -0.796. The third-order valence-corrected chi connectivity index (χ3v) is 7.18. The molecule has 1 aliphatic rings. The Morgan fingerprint density at radius 3 is 2.78 bits per heavy atom. The summed E-state index contributed by atoms with van der Waals surface area (Å²) in [6, 6.07) is 5.83. The minimum absolute atomic E-state index is 0.0193. The van der Waals surface area contributed by atoms with E-state index in [2.05, 4.69) is 27.9 Å². The summed E-state index contributed by atoms with van der Waals surface area (Å²) in [5, 5.41) is 17.7. The Labute approximate surface area is 218 Å². The van der Waals surface area contributed by atoms with Crippen LogP contribution in [0.5, 0.6) is 0 Å². The first kappa shape index (κ1) is 27.9. The molecule has 0 radical (unpaired) electrons. The number of benzene rings is 1. The summed E-state index contributed by atoms with van der Waals surface area (Å²) in [5.41, 5.74) is -0.227. The fraction of sp³-hybridized carbons (Fsp3) is 0.440. The summed E-state index contributed by atoms with van der Waals surface area (Å²) in [6.07, 6.45) is 4.49. The number of anilines is 2. The van der Waals surface area contributed by atoms with E-state index in [9.17, 15) is 24.0 Å². The van der Waals surface area contributed by atoms with E-state index in [1.54, 1.807) is 13.8 Å². The van der Waals surface area contributed by atoms with E-state index in [4.69, 9.17) is 4.74 Å². The van der Waals surface area contributed by atoms with Crippen LogP contribution in [-0.2, 0) is 16.1 Å². The van der Waals surface area contributed by atoms with Crippen LogP contribution in [0.4, 0.5) is 20.6 Å². The van der Waals surface area contributed by atoms with E-state index in [0.717, 1.165) is 37.1 Å². The molecule has 2 aromatic rings. The molecule has 2 amide bonds. The number of esters is 1. The number of halogens is 1. The third kappa shape index (κ3) is 6.96. The number of nitriles is 1. The van der Waals surface area contributed by atoms with Crippen LogP contribution in [0.1, 0.15) is 33.1 Å². The van der Waals surface area contributed by atoms with Gasteiger partial charge in [0, 0.05) is 31.0 Å². The van der Waals surface area contributed by atoms with Crippen molar-refractivity contribution in [2.45, 2.75) is 45.7 Å². The topological polar surface area (TPSA) is 128 Å². The molecular formula is C25H31FN6O4S. The van der Waals surface area contributed by atoms with Gasteiger partial charge in [0.2, 0.25) is 0 Å². The van der Waals surface area contributed by atoms with Crippen molar-refractivity contribution >= 4 is 46.5 Å². The molecule has 37 heavy (non-hydrogen) atoms. The molecular weight excluding hydrogens is 499 g/mol. The number of carbonyl (C=O) groups excluding carboxylic acids is 2. The maximum absolute atomic E-state index is 14.3. The lowest BCUT2D eigenvalue weighted by Crippen LogP contribution is -2.34. The maximum atomic E-state index is 14.3. The monoisotopic (exact) mass is 530 g/mol. The van der Waals surface area contributed by atoms with Crippen molar-refractivity contribution < 1.29 is 18.7 Å². The highest BCUT2D eigenvalue weighted by atomic mass is 32.1. The van der Waals surface area contributed by atoms with Crippen LogP contribution in [0.15, 0.2) is 23.0 Å². The van der Waals surface area contributed by atoms with Gasteiger partial charge in [-0.2, -0.15) is 5.26 Å². The summed E-state index contributed by atoms with van der Waals surface area (Å²) >= 11 is 0.969. The molecule has 1 aromatic carbocycles. The van der Waals surface area contributed by atoms with Gasteiger partial charge in [0.05, 0.1) is 12.3 Å². The number of nitrogens with one attached hydrogen (secondary N) is 3. The zero-order valence-corrected chi connectivity index (χ0v) is 21.9. The van der Waals surface area contributed by atoms with E-state index in [1.807, 2.05) is 6.07 Å². The standard InChI is InChI=1S/C25H31FN6O4S/c1-4-32-22(33)21(37-23(32)18(14-27)24(34)36-5-2)15-29-16-8-9-19(26)20(13-16)30-25(35)28-11-10-17-7-6-12-31(17)3/h8-9,13,15,17,29H,4-7,10-12H2,1-3H3,(H2,28,30,35)/b21-15+,23-18+. The van der Waals surface area contributed by atoms with Crippen molar-refractivity contribution in [3.05, 3.63) is 43.6 Å². The van der Waals surface area contributed by atoms with Crippen molar-refractivity contribution in [2.24, 2.45) is 0 Å². The van der Waals surface area contributed by atoms with Crippen LogP contribution in [-0.4, -0.2) is 54.3 Å². The first-order chi connectivity index (χ1) is 17.8. The first-order valence-corrected chi connectivity index (χ1v) is 12.9. The van der Waals surface area contributed by atoms with E-state index in [-0.39, 0.29) is 39.2 Å². The van der Waals surface area contributed by atoms with Crippen LogP contribution in [0.25, 0.3) is 11.8 Å². The molecule has 1 aliphatic heterocycles. The Morgan fingerprint density at radius 1 is 1.35 bits per heavy atom. The van der Waals surface area contributed by atoms with E-state index in [0.29, 0.717) is 18.3 Å². The second-order valence-corrected chi connectivity index (χ2v) is 9.49. The molecule has 0 bridgehead atoms. The van der Waals surface area contributed by atoms with E-state index < -0.39 is 17.8 Å². The average molecular weight is 531 g/mol. The number of thiazole rings is 1. The Balaban J connectivity index is 1.75. The van der Waals surface area contributed by atoms with Gasteiger partial charge in [0.1, 0.15) is 21.1 Å². The fourth-order valence-electron chi connectivity index (χ4n) is 4.10. The molecule has 1 aromatic heterocycles. The Bertz CT molecular complexity index is 1360. The summed E-state index contributed by atoms with van der Waals surface area (Å²) in [7, 11) is 2.07. The zero-order valence-electron chi connectivity index (χ0n) is 21.1. The van der Waals surface area contributed by atoms with Gasteiger partial charge in [0.25, 0.3) is 5.56 Å². The highest BCUT2D eigenvalue weighted by Crippen LogP contribution is 2.20. The first-order valence-electron chi connectivity index (χ1n) is 12.1. The third-order valence-electron chi connectivity index (χ3n) is 6.05. The van der Waals surface area contributed by atoms with Crippen molar-refractivity contribution in [1.82, 2.24) is 14.8 Å². The Hall–Kier alpha value is -3.69. The second-order valence-electron chi connectivity index (χ2n) is 8.46. The van der Waals surface area contributed by atoms with Gasteiger partial charge in [-0.15, -0.1) is 11.3 Å². The number of amides is 2.